The van der Waals surface area contributed by atoms with Gasteiger partial charge in [0.15, 0.2) is 54.5 Å². The summed E-state index contributed by atoms with van der Waals surface area (Å²) in [6, 6.07) is 12.3. The van der Waals surface area contributed by atoms with Crippen molar-refractivity contribution in [2.45, 2.75) is 133 Å². The molecule has 0 aromatic carbocycles. The van der Waals surface area contributed by atoms with Gasteiger partial charge in [-0.2, -0.15) is 0 Å². The second-order valence-electron chi connectivity index (χ2n) is 17.1. The summed E-state index contributed by atoms with van der Waals surface area (Å²) in [5.74, 6) is -1.77. The van der Waals surface area contributed by atoms with Gasteiger partial charge in [-0.15, -0.1) is 0 Å². The second-order valence-corrected chi connectivity index (χ2v) is 17.1. The molecule has 8 rings (SSSR count). The van der Waals surface area contributed by atoms with E-state index in [4.69, 9.17) is 99.2 Å². The lowest BCUT2D eigenvalue weighted by Crippen LogP contribution is -2.60. The van der Waals surface area contributed by atoms with E-state index in [1.54, 1.807) is 31.2 Å². The summed E-state index contributed by atoms with van der Waals surface area (Å²) in [7, 11) is 3.01. The summed E-state index contributed by atoms with van der Waals surface area (Å²) in [5.41, 5.74) is 0. The van der Waals surface area contributed by atoms with Crippen molar-refractivity contribution in [3.05, 3.63) is 101 Å². The zero-order valence-corrected chi connectivity index (χ0v) is 46.5. The van der Waals surface area contributed by atoms with Gasteiger partial charge >= 0.3 is 11.9 Å². The number of carbonyl (C=O) groups is 4. The van der Waals surface area contributed by atoms with Crippen LogP contribution in [-0.4, -0.2) is 251 Å². The summed E-state index contributed by atoms with van der Waals surface area (Å²) >= 11 is 0. The van der Waals surface area contributed by atoms with Crippen molar-refractivity contribution in [3.8, 4) is 17.4 Å². The minimum Gasteiger partial charge on any atom is -0.502 e. The zero-order chi connectivity index (χ0) is 64.3. The maximum absolute atomic E-state index is 9.97. The minimum absolute atomic E-state index is 0.0231. The molecule has 0 amide bonds. The lowest BCUT2D eigenvalue weighted by molar-refractivity contribution is -0.328. The maximum Gasteiger partial charge on any atom is 0.371 e. The molecule has 0 saturated carbocycles. The highest BCUT2D eigenvalue weighted by Gasteiger charge is 2.45. The third kappa shape index (κ3) is 25.5. The number of carboxylic acid groups (broad SMARTS) is 1. The molecule has 3 saturated heterocycles. The SMILES string of the molecule is CCO[C@@H]1C(C)OC(COC)[C@@H](O)C1O.CCO[C@@H]1C(CO)OC(COC)[C@@H](O)C1O.O=C(O)c1ccco1.O=Cc1ccc(C=O)o1.O=Cc1ccco1.OC1OC(O)C(O)C(O)C1O.OCc1ccc(CO)o1.OCc1oc(O)c(O)c1O. The third-order valence-corrected chi connectivity index (χ3v) is 11.2. The van der Waals surface area contributed by atoms with Gasteiger partial charge in [0.1, 0.15) is 105 Å². The maximum atomic E-state index is 9.97. The van der Waals surface area contributed by atoms with Gasteiger partial charge in [-0.1, -0.05) is 0 Å². The van der Waals surface area contributed by atoms with Gasteiger partial charge in [-0.05, 0) is 69.3 Å². The first-order valence-electron chi connectivity index (χ1n) is 25.2. The van der Waals surface area contributed by atoms with Gasteiger partial charge in [0.2, 0.25) is 17.3 Å². The van der Waals surface area contributed by atoms with Crippen molar-refractivity contribution in [2.75, 3.05) is 47.3 Å². The molecule has 0 bridgehead atoms. The minimum atomic E-state index is -1.66. The Morgan fingerprint density at radius 2 is 1.01 bits per heavy atom. The van der Waals surface area contributed by atoms with Crippen molar-refractivity contribution in [1.29, 1.82) is 0 Å². The topological polar surface area (TPSA) is 543 Å². The van der Waals surface area contributed by atoms with Crippen LogP contribution < -0.4 is 0 Å². The molecule has 8 heterocycles. The first-order valence-corrected chi connectivity index (χ1v) is 25.2. The van der Waals surface area contributed by atoms with Crippen LogP contribution in [0.1, 0.15) is 80.3 Å². The van der Waals surface area contributed by atoms with Gasteiger partial charge in [-0.3, -0.25) is 14.4 Å². The quantitative estimate of drug-likeness (QED) is 0.0472. The molecule has 5 aromatic rings. The van der Waals surface area contributed by atoms with Crippen LogP contribution in [0.15, 0.2) is 83.1 Å². The summed E-state index contributed by atoms with van der Waals surface area (Å²) in [6.45, 7) is 5.66. The highest BCUT2D eigenvalue weighted by Crippen LogP contribution is 2.40. The average molecular weight is 1230 g/mol. The Hall–Kier alpha value is -6.52. The fraction of sp³-hybridized carbons (Fsp3) is 0.538. The normalized spacial score (nSPS) is 26.4. The van der Waals surface area contributed by atoms with Crippen LogP contribution in [0.4, 0.5) is 0 Å². The molecule has 5 aromatic heterocycles. The van der Waals surface area contributed by atoms with E-state index in [0.717, 1.165) is 0 Å². The van der Waals surface area contributed by atoms with Crippen molar-refractivity contribution >= 4 is 24.8 Å². The number of carboxylic acids is 1. The molecule has 3 fully saturated rings. The van der Waals surface area contributed by atoms with Gasteiger partial charge in [0.05, 0.1) is 38.5 Å². The molecule has 10 unspecified atom stereocenters. The highest BCUT2D eigenvalue weighted by atomic mass is 16.7. The number of hydrogen-bond donors (Lipinski definition) is 17. The average Bonchev–Trinajstić information content (AvgIpc) is 4.56. The third-order valence-electron chi connectivity index (χ3n) is 11.2. The number of aromatic carboxylic acids is 1. The van der Waals surface area contributed by atoms with Gasteiger partial charge in [-0.25, -0.2) is 4.79 Å². The van der Waals surface area contributed by atoms with Crippen LogP contribution in [0.3, 0.4) is 0 Å². The van der Waals surface area contributed by atoms with E-state index in [-0.39, 0.29) is 62.2 Å². The van der Waals surface area contributed by atoms with Gasteiger partial charge < -0.3 is 142 Å². The number of aromatic hydroxyl groups is 3. The molecular formula is C52H76O33. The summed E-state index contributed by atoms with van der Waals surface area (Å²) < 4.78 is 58.5. The zero-order valence-electron chi connectivity index (χ0n) is 46.5. The fourth-order valence-corrected chi connectivity index (χ4v) is 6.96. The Kier molecular flexibility index (Phi) is 37.4. The van der Waals surface area contributed by atoms with Crippen LogP contribution in [0.2, 0.25) is 0 Å². The number of furan rings is 5. The molecule has 0 aliphatic carbocycles. The number of aliphatic hydroxyl groups excluding tert-OH is 13. The smallest absolute Gasteiger partial charge is 0.371 e. The molecule has 17 N–H and O–H groups in total. The Morgan fingerprint density at radius 1 is 0.529 bits per heavy atom. The summed E-state index contributed by atoms with van der Waals surface area (Å²) in [5, 5.41) is 152. The van der Waals surface area contributed by atoms with Crippen LogP contribution in [0.25, 0.3) is 0 Å². The molecule has 3 aliphatic heterocycles. The van der Waals surface area contributed by atoms with Crippen molar-refractivity contribution in [1.82, 2.24) is 0 Å². The Morgan fingerprint density at radius 3 is 1.34 bits per heavy atom. The van der Waals surface area contributed by atoms with E-state index >= 15 is 0 Å². The first-order chi connectivity index (χ1) is 40.4. The van der Waals surface area contributed by atoms with Crippen LogP contribution in [-0.2, 0) is 53.0 Å². The molecule has 3 aliphatic rings. The number of aldehydes is 3. The standard InChI is InChI=1S/C10H20O6.C10H20O5.C6H8O3.C6H4O3.C5H10O6.C5H6O5.C5H4O3.C5H4O2/c1-3-15-10-6(4-11)16-7(5-14-2)8(12)9(10)13;1-4-14-10-6(2)15-7(5-13-3)8(11)9(10)12;2*7-3-5-1-2-6(4-8)9-5;6-1-2(7)4(9)11-5(10)3(1)8;6-1-2-3(7)4(8)5(9)10-2;6-5(7)4-2-1-3-8-4;6-4-5-2-1-3-7-5/h6-13H,3-5H2,1-2H3;6-12H,4-5H2,1-3H3;1-2,7-8H,3-4H2;1-4H;1-10H;6-9H,1H2;1-3H,(H,6,7);1-4H/t2*6?,7?,8-,9?,10-;;;;;;/m11....../s1. The monoisotopic (exact) mass is 1230 g/mol. The van der Waals surface area contributed by atoms with Crippen molar-refractivity contribution in [3.63, 3.8) is 0 Å². The lowest BCUT2D eigenvalue weighted by Gasteiger charge is -2.41. The van der Waals surface area contributed by atoms with E-state index in [1.807, 2.05) is 13.8 Å². The first kappa shape index (κ1) is 76.5. The molecule has 14 atom stereocenters. The summed E-state index contributed by atoms with van der Waals surface area (Å²) in [6.07, 6.45) is -10.8. The Balaban J connectivity index is 0.000000492. The van der Waals surface area contributed by atoms with E-state index in [1.165, 1.54) is 51.0 Å². The van der Waals surface area contributed by atoms with E-state index < -0.39 is 116 Å². The number of carbonyl (C=O) groups excluding carboxylic acids is 3. The predicted molar refractivity (Wildman–Crippen MR) is 279 cm³/mol. The number of methoxy groups -OCH3 is 2. The molecule has 33 nitrogen and oxygen atoms in total. The molecule has 85 heavy (non-hydrogen) atoms. The summed E-state index contributed by atoms with van der Waals surface area (Å²) in [4.78, 5) is 39.6. The van der Waals surface area contributed by atoms with Crippen LogP contribution in [0.5, 0.6) is 17.4 Å². The number of hydrogen-bond acceptors (Lipinski definition) is 32. The fourth-order valence-electron chi connectivity index (χ4n) is 6.96. The lowest BCUT2D eigenvalue weighted by atomic mass is 9.95. The largest absolute Gasteiger partial charge is 0.502 e. The number of ether oxygens (including phenoxy) is 7. The van der Waals surface area contributed by atoms with Crippen molar-refractivity contribution in [2.24, 2.45) is 0 Å². The van der Waals surface area contributed by atoms with E-state index in [2.05, 4.69) is 22.4 Å². The highest BCUT2D eigenvalue weighted by molar-refractivity contribution is 5.84. The predicted octanol–water partition coefficient (Wildman–Crippen LogP) is -2.07. The second kappa shape index (κ2) is 41.5. The molecule has 0 radical (unpaired) electrons. The van der Waals surface area contributed by atoms with Crippen LogP contribution in [0, 0.1) is 0 Å². The van der Waals surface area contributed by atoms with Gasteiger partial charge in [0, 0.05) is 27.4 Å². The molecular weight excluding hydrogens is 1150 g/mol. The van der Waals surface area contributed by atoms with E-state index in [0.29, 0.717) is 49.4 Å². The van der Waals surface area contributed by atoms with Gasteiger partial charge in [0.25, 0.3) is 0 Å². The van der Waals surface area contributed by atoms with E-state index in [9.17, 15) is 39.6 Å². The molecule has 482 valence electrons. The Labute approximate surface area is 483 Å². The van der Waals surface area contributed by atoms with Crippen molar-refractivity contribution < 1.29 is 161 Å². The number of aliphatic hydroxyl groups is 13. The molecule has 0 spiro atoms. The number of rotatable bonds is 16. The molecule has 33 heteroatoms. The Bertz CT molecular complexity index is 2450. The van der Waals surface area contributed by atoms with Crippen LogP contribution >= 0.6 is 0 Å².